The van der Waals surface area contributed by atoms with Gasteiger partial charge >= 0.3 is 5.97 Å². The first-order chi connectivity index (χ1) is 9.14. The molecular formula is C14H22N4O2. The van der Waals surface area contributed by atoms with Crippen molar-refractivity contribution >= 4 is 11.8 Å². The molecule has 1 heterocycles. The predicted molar refractivity (Wildman–Crippen MR) is 76.4 cm³/mol. The molecule has 0 fully saturated rings. The summed E-state index contributed by atoms with van der Waals surface area (Å²) >= 11 is 0. The van der Waals surface area contributed by atoms with Crippen LogP contribution in [0.5, 0.6) is 0 Å². The van der Waals surface area contributed by atoms with Gasteiger partial charge in [-0.3, -0.25) is 9.48 Å². The lowest BCUT2D eigenvalue weighted by Gasteiger charge is -2.26. The molecule has 1 aromatic rings. The molecule has 6 heteroatoms. The minimum Gasteiger partial charge on any atom is -0.481 e. The fourth-order valence-corrected chi connectivity index (χ4v) is 2.28. The number of anilines is 1. The van der Waals surface area contributed by atoms with E-state index in [1.807, 2.05) is 0 Å². The summed E-state index contributed by atoms with van der Waals surface area (Å²) in [5.74, 6) is -0.273. The molecule has 0 aromatic carbocycles. The number of nitrogens with zero attached hydrogens (tertiary/aromatic N) is 3. The molecule has 0 radical (unpaired) electrons. The number of aryl methyl sites for hydroxylation is 2. The van der Waals surface area contributed by atoms with E-state index in [2.05, 4.69) is 37.3 Å². The molecule has 0 bridgehead atoms. The van der Waals surface area contributed by atoms with Crippen LogP contribution in [0.25, 0.3) is 0 Å². The molecule has 1 atom stereocenters. The van der Waals surface area contributed by atoms with E-state index in [1.54, 1.807) is 18.7 Å². The van der Waals surface area contributed by atoms with Crippen molar-refractivity contribution < 1.29 is 9.90 Å². The average Bonchev–Trinajstić information content (AvgIpc) is 2.50. The van der Waals surface area contributed by atoms with Crippen molar-refractivity contribution in [3.05, 3.63) is 11.3 Å². The summed E-state index contributed by atoms with van der Waals surface area (Å²) in [4.78, 5) is 11.0. The van der Waals surface area contributed by atoms with E-state index in [0.29, 0.717) is 23.5 Å². The van der Waals surface area contributed by atoms with Crippen molar-refractivity contribution in [2.24, 2.45) is 12.5 Å². The third kappa shape index (κ3) is 4.26. The number of carbonyl (C=O) groups is 1. The number of nitrogens with one attached hydrogen (secondary N) is 1. The minimum atomic E-state index is -0.857. The molecule has 110 valence electrons. The van der Waals surface area contributed by atoms with Gasteiger partial charge in [0.1, 0.15) is 17.5 Å². The molecule has 20 heavy (non-hydrogen) atoms. The number of nitriles is 1. The fourth-order valence-electron chi connectivity index (χ4n) is 2.28. The van der Waals surface area contributed by atoms with E-state index in [1.165, 1.54) is 0 Å². The second-order valence-electron chi connectivity index (χ2n) is 6.25. The Kier molecular flexibility index (Phi) is 4.77. The van der Waals surface area contributed by atoms with Crippen LogP contribution in [-0.2, 0) is 11.8 Å². The van der Waals surface area contributed by atoms with Crippen LogP contribution in [0.15, 0.2) is 0 Å². The molecule has 0 aliphatic rings. The first kappa shape index (κ1) is 16.0. The van der Waals surface area contributed by atoms with E-state index in [-0.39, 0.29) is 17.9 Å². The van der Waals surface area contributed by atoms with Crippen LogP contribution in [0.4, 0.5) is 5.82 Å². The molecule has 2 N–H and O–H groups in total. The van der Waals surface area contributed by atoms with Gasteiger partial charge in [0.05, 0.1) is 12.1 Å². The molecule has 0 saturated heterocycles. The van der Waals surface area contributed by atoms with Gasteiger partial charge in [0.15, 0.2) is 0 Å². The molecule has 0 aliphatic heterocycles. The van der Waals surface area contributed by atoms with Crippen molar-refractivity contribution in [1.82, 2.24) is 9.78 Å². The number of aliphatic carboxylic acids is 1. The maximum atomic E-state index is 11.0. The van der Waals surface area contributed by atoms with Crippen LogP contribution in [0.3, 0.4) is 0 Å². The van der Waals surface area contributed by atoms with Crippen LogP contribution < -0.4 is 5.32 Å². The molecule has 1 rings (SSSR count). The van der Waals surface area contributed by atoms with Gasteiger partial charge in [0.25, 0.3) is 0 Å². The molecule has 0 aliphatic carbocycles. The zero-order valence-electron chi connectivity index (χ0n) is 12.7. The highest BCUT2D eigenvalue weighted by molar-refractivity contribution is 5.68. The van der Waals surface area contributed by atoms with Gasteiger partial charge in [-0.1, -0.05) is 20.8 Å². The minimum absolute atomic E-state index is 0.00632. The molecule has 6 nitrogen and oxygen atoms in total. The molecule has 1 aromatic heterocycles. The van der Waals surface area contributed by atoms with Gasteiger partial charge in [-0.05, 0) is 18.8 Å². The van der Waals surface area contributed by atoms with E-state index in [9.17, 15) is 10.1 Å². The van der Waals surface area contributed by atoms with Gasteiger partial charge < -0.3 is 10.4 Å². The monoisotopic (exact) mass is 278 g/mol. The number of hydrogen-bond acceptors (Lipinski definition) is 4. The van der Waals surface area contributed by atoms with Crippen molar-refractivity contribution in [1.29, 1.82) is 5.26 Å². The third-order valence-corrected chi connectivity index (χ3v) is 2.95. The lowest BCUT2D eigenvalue weighted by molar-refractivity contribution is -0.137. The Morgan fingerprint density at radius 2 is 2.15 bits per heavy atom. The lowest BCUT2D eigenvalue weighted by Crippen LogP contribution is -2.29. The maximum absolute atomic E-state index is 11.0. The largest absolute Gasteiger partial charge is 0.481 e. The Balaban J connectivity index is 3.01. The number of aromatic nitrogens is 2. The standard InChI is InChI=1S/C14H22N4O2/c1-9-11(8-15)13(18(5)17-9)16-10(6-12(19)20)7-14(2,3)4/h10,16H,6-7H2,1-5H3,(H,19,20). The summed E-state index contributed by atoms with van der Waals surface area (Å²) in [6.07, 6.45) is 0.695. The van der Waals surface area contributed by atoms with Crippen LogP contribution in [0.1, 0.15) is 44.9 Å². The van der Waals surface area contributed by atoms with Crippen LogP contribution in [-0.4, -0.2) is 26.9 Å². The Labute approximate surface area is 119 Å². The first-order valence-electron chi connectivity index (χ1n) is 6.56. The molecule has 0 saturated carbocycles. The van der Waals surface area contributed by atoms with Gasteiger partial charge in [-0.2, -0.15) is 10.4 Å². The lowest BCUT2D eigenvalue weighted by atomic mass is 9.87. The van der Waals surface area contributed by atoms with Gasteiger partial charge in [-0.15, -0.1) is 0 Å². The highest BCUT2D eigenvalue weighted by Crippen LogP contribution is 2.26. The van der Waals surface area contributed by atoms with Gasteiger partial charge in [0.2, 0.25) is 0 Å². The Morgan fingerprint density at radius 3 is 2.60 bits per heavy atom. The second-order valence-corrected chi connectivity index (χ2v) is 6.25. The smallest absolute Gasteiger partial charge is 0.305 e. The quantitative estimate of drug-likeness (QED) is 0.862. The SMILES string of the molecule is Cc1nn(C)c(NC(CC(=O)O)CC(C)(C)C)c1C#N. The summed E-state index contributed by atoms with van der Waals surface area (Å²) in [5, 5.41) is 25.6. The summed E-state index contributed by atoms with van der Waals surface area (Å²) < 4.78 is 1.59. The molecule has 1 unspecified atom stereocenters. The zero-order valence-corrected chi connectivity index (χ0v) is 12.7. The highest BCUT2D eigenvalue weighted by atomic mass is 16.4. The van der Waals surface area contributed by atoms with E-state index in [0.717, 1.165) is 0 Å². The van der Waals surface area contributed by atoms with Gasteiger partial charge in [0, 0.05) is 13.1 Å². The predicted octanol–water partition coefficient (Wildman–Crippen LogP) is 2.29. The molecule has 0 amide bonds. The van der Waals surface area contributed by atoms with Crippen LogP contribution in [0, 0.1) is 23.7 Å². The van der Waals surface area contributed by atoms with Crippen molar-refractivity contribution in [3.8, 4) is 6.07 Å². The summed E-state index contributed by atoms with van der Waals surface area (Å²) in [6.45, 7) is 7.94. The van der Waals surface area contributed by atoms with Crippen molar-refractivity contribution in [2.75, 3.05) is 5.32 Å². The van der Waals surface area contributed by atoms with Gasteiger partial charge in [-0.25, -0.2) is 0 Å². The van der Waals surface area contributed by atoms with E-state index >= 15 is 0 Å². The number of carboxylic acid groups (broad SMARTS) is 1. The zero-order chi connectivity index (χ0) is 15.5. The number of hydrogen-bond donors (Lipinski definition) is 2. The summed E-state index contributed by atoms with van der Waals surface area (Å²) in [7, 11) is 1.74. The third-order valence-electron chi connectivity index (χ3n) is 2.95. The fraction of sp³-hybridized carbons (Fsp3) is 0.643. The average molecular weight is 278 g/mol. The summed E-state index contributed by atoms with van der Waals surface area (Å²) in [6, 6.07) is 1.87. The Morgan fingerprint density at radius 1 is 1.55 bits per heavy atom. The normalized spacial score (nSPS) is 12.8. The molecular weight excluding hydrogens is 256 g/mol. The first-order valence-corrected chi connectivity index (χ1v) is 6.56. The van der Waals surface area contributed by atoms with Crippen LogP contribution >= 0.6 is 0 Å². The van der Waals surface area contributed by atoms with Crippen molar-refractivity contribution in [2.45, 2.75) is 46.6 Å². The highest BCUT2D eigenvalue weighted by Gasteiger charge is 2.24. The summed E-state index contributed by atoms with van der Waals surface area (Å²) in [5.41, 5.74) is 1.10. The maximum Gasteiger partial charge on any atom is 0.305 e. The Bertz CT molecular complexity index is 535. The second kappa shape index (κ2) is 5.95. The Hall–Kier alpha value is -2.03. The van der Waals surface area contributed by atoms with E-state index in [4.69, 9.17) is 5.11 Å². The molecule has 0 spiro atoms. The number of carboxylic acids is 1. The van der Waals surface area contributed by atoms with Crippen molar-refractivity contribution in [3.63, 3.8) is 0 Å². The van der Waals surface area contributed by atoms with Crippen LogP contribution in [0.2, 0.25) is 0 Å². The number of rotatable bonds is 5. The topological polar surface area (TPSA) is 90.9 Å². The van der Waals surface area contributed by atoms with E-state index < -0.39 is 5.97 Å².